The lowest BCUT2D eigenvalue weighted by atomic mass is 10.2. The van der Waals surface area contributed by atoms with Crippen LogP contribution in [0.2, 0.25) is 0 Å². The Kier molecular flexibility index (Phi) is 4.64. The molecule has 0 spiro atoms. The topological polar surface area (TPSA) is 92.8 Å². The SMILES string of the molecule is C[C@@]12CCC(=O)N1[C@H](C(=O)OCC(=O)NC(=O)c1cccs1)CS2. The van der Waals surface area contributed by atoms with E-state index < -0.39 is 30.4 Å². The largest absolute Gasteiger partial charge is 0.454 e. The number of imide groups is 1. The number of carbonyl (C=O) groups is 4. The van der Waals surface area contributed by atoms with Crippen molar-refractivity contribution in [2.75, 3.05) is 12.4 Å². The van der Waals surface area contributed by atoms with Crippen LogP contribution in [0.25, 0.3) is 0 Å². The Balaban J connectivity index is 1.51. The zero-order chi connectivity index (χ0) is 17.3. The summed E-state index contributed by atoms with van der Waals surface area (Å²) >= 11 is 2.76. The number of carbonyl (C=O) groups excluding carboxylic acids is 4. The first kappa shape index (κ1) is 17.0. The first-order chi connectivity index (χ1) is 11.4. The molecule has 2 saturated heterocycles. The number of nitrogens with one attached hydrogen (secondary N) is 1. The Hall–Kier alpha value is -1.87. The summed E-state index contributed by atoms with van der Waals surface area (Å²) in [4.78, 5) is 49.2. The van der Waals surface area contributed by atoms with Crippen molar-refractivity contribution in [2.24, 2.45) is 0 Å². The molecule has 2 aliphatic rings. The van der Waals surface area contributed by atoms with E-state index >= 15 is 0 Å². The molecule has 0 aromatic carbocycles. The van der Waals surface area contributed by atoms with Gasteiger partial charge in [-0.05, 0) is 24.8 Å². The second-order valence-electron chi connectivity index (χ2n) is 5.73. The molecule has 24 heavy (non-hydrogen) atoms. The molecule has 0 radical (unpaired) electrons. The summed E-state index contributed by atoms with van der Waals surface area (Å²) in [7, 11) is 0. The molecule has 3 amide bonds. The van der Waals surface area contributed by atoms with E-state index in [2.05, 4.69) is 5.32 Å². The Labute approximate surface area is 146 Å². The quantitative estimate of drug-likeness (QED) is 0.797. The zero-order valence-electron chi connectivity index (χ0n) is 12.9. The number of thiophene rings is 1. The molecule has 9 heteroatoms. The van der Waals surface area contributed by atoms with Crippen LogP contribution in [0.1, 0.15) is 29.4 Å². The minimum Gasteiger partial charge on any atom is -0.454 e. The van der Waals surface area contributed by atoms with Crippen LogP contribution in [-0.4, -0.2) is 51.9 Å². The molecule has 1 N–H and O–H groups in total. The van der Waals surface area contributed by atoms with Gasteiger partial charge in [-0.15, -0.1) is 23.1 Å². The van der Waals surface area contributed by atoms with Crippen molar-refractivity contribution < 1.29 is 23.9 Å². The maximum absolute atomic E-state index is 12.2. The molecule has 0 aliphatic carbocycles. The van der Waals surface area contributed by atoms with E-state index in [9.17, 15) is 19.2 Å². The lowest BCUT2D eigenvalue weighted by Crippen LogP contribution is -2.47. The van der Waals surface area contributed by atoms with Crippen molar-refractivity contribution in [1.29, 1.82) is 0 Å². The molecule has 1 aromatic rings. The zero-order valence-corrected chi connectivity index (χ0v) is 14.6. The number of fused-ring (bicyclic) bond motifs is 1. The Morgan fingerprint density at radius 2 is 2.25 bits per heavy atom. The van der Waals surface area contributed by atoms with Gasteiger partial charge < -0.3 is 9.64 Å². The summed E-state index contributed by atoms with van der Waals surface area (Å²) in [6.45, 7) is 1.39. The van der Waals surface area contributed by atoms with Gasteiger partial charge in [0.2, 0.25) is 5.91 Å². The second-order valence-corrected chi connectivity index (χ2v) is 8.18. The van der Waals surface area contributed by atoms with Crippen molar-refractivity contribution in [1.82, 2.24) is 10.2 Å². The van der Waals surface area contributed by atoms with E-state index in [1.54, 1.807) is 34.2 Å². The van der Waals surface area contributed by atoms with E-state index in [0.29, 0.717) is 23.5 Å². The molecule has 2 fully saturated rings. The molecule has 2 aliphatic heterocycles. The van der Waals surface area contributed by atoms with Gasteiger partial charge in [0.15, 0.2) is 6.61 Å². The van der Waals surface area contributed by atoms with Crippen LogP contribution in [-0.2, 0) is 19.1 Å². The lowest BCUT2D eigenvalue weighted by Gasteiger charge is -2.29. The molecule has 128 valence electrons. The fourth-order valence-electron chi connectivity index (χ4n) is 2.86. The van der Waals surface area contributed by atoms with E-state index in [1.807, 2.05) is 6.92 Å². The van der Waals surface area contributed by atoms with Crippen LogP contribution >= 0.6 is 23.1 Å². The van der Waals surface area contributed by atoms with Gasteiger partial charge in [-0.2, -0.15) is 0 Å². The van der Waals surface area contributed by atoms with Crippen molar-refractivity contribution in [3.63, 3.8) is 0 Å². The minimum atomic E-state index is -0.692. The number of esters is 1. The standard InChI is InChI=1S/C15H16N2O5S2/c1-15-5-4-12(19)17(15)9(8-24-15)14(21)22-7-11(18)16-13(20)10-3-2-6-23-10/h2-3,6,9H,4-5,7-8H2,1H3,(H,16,18,20)/t9-,15+/m0/s1. The highest BCUT2D eigenvalue weighted by Gasteiger charge is 2.53. The van der Waals surface area contributed by atoms with Gasteiger partial charge in [0.05, 0.1) is 9.75 Å². The minimum absolute atomic E-state index is 0.0678. The van der Waals surface area contributed by atoms with E-state index in [4.69, 9.17) is 4.74 Å². The van der Waals surface area contributed by atoms with Crippen LogP contribution in [0.15, 0.2) is 17.5 Å². The molecule has 3 heterocycles. The number of hydrogen-bond donors (Lipinski definition) is 1. The van der Waals surface area contributed by atoms with Crippen LogP contribution in [0, 0.1) is 0 Å². The lowest BCUT2D eigenvalue weighted by molar-refractivity contribution is -0.156. The Morgan fingerprint density at radius 1 is 1.46 bits per heavy atom. The maximum Gasteiger partial charge on any atom is 0.330 e. The van der Waals surface area contributed by atoms with Crippen LogP contribution in [0.3, 0.4) is 0 Å². The highest BCUT2D eigenvalue weighted by atomic mass is 32.2. The Bertz CT molecular complexity index is 690. The molecule has 0 bridgehead atoms. The predicted octanol–water partition coefficient (Wildman–Crippen LogP) is 1.00. The average Bonchev–Trinajstić information content (AvgIpc) is 3.23. The summed E-state index contributed by atoms with van der Waals surface area (Å²) in [5, 5.41) is 3.88. The summed E-state index contributed by atoms with van der Waals surface area (Å²) in [5.74, 6) is -1.44. The number of ether oxygens (including phenoxy) is 1. The van der Waals surface area contributed by atoms with Crippen LogP contribution < -0.4 is 5.32 Å². The average molecular weight is 368 g/mol. The normalized spacial score (nSPS) is 25.5. The van der Waals surface area contributed by atoms with Gasteiger partial charge >= 0.3 is 5.97 Å². The molecule has 0 unspecified atom stereocenters. The summed E-state index contributed by atoms with van der Waals surface area (Å²) < 4.78 is 5.00. The van der Waals surface area contributed by atoms with E-state index in [0.717, 1.165) is 0 Å². The van der Waals surface area contributed by atoms with Crippen molar-refractivity contribution in [3.05, 3.63) is 22.4 Å². The number of rotatable bonds is 4. The second kappa shape index (κ2) is 6.56. The van der Waals surface area contributed by atoms with E-state index in [1.165, 1.54) is 11.3 Å². The van der Waals surface area contributed by atoms with Gasteiger partial charge in [0.1, 0.15) is 6.04 Å². The predicted molar refractivity (Wildman–Crippen MR) is 88.5 cm³/mol. The van der Waals surface area contributed by atoms with Gasteiger partial charge in [-0.3, -0.25) is 19.7 Å². The molecule has 1 aromatic heterocycles. The fourth-order valence-corrected chi connectivity index (χ4v) is 4.90. The van der Waals surface area contributed by atoms with Crippen LogP contribution in [0.5, 0.6) is 0 Å². The van der Waals surface area contributed by atoms with Gasteiger partial charge in [-0.25, -0.2) is 4.79 Å². The number of hydrogen-bond acceptors (Lipinski definition) is 7. The third-order valence-electron chi connectivity index (χ3n) is 4.06. The van der Waals surface area contributed by atoms with Gasteiger partial charge in [0.25, 0.3) is 11.8 Å². The number of thioether (sulfide) groups is 1. The summed E-state index contributed by atoms with van der Waals surface area (Å²) in [6, 6.07) is 2.62. The highest BCUT2D eigenvalue weighted by molar-refractivity contribution is 8.01. The third-order valence-corrected chi connectivity index (χ3v) is 6.43. The molecule has 2 atom stereocenters. The summed E-state index contributed by atoms with van der Waals surface area (Å²) in [6.07, 6.45) is 1.12. The number of nitrogens with zero attached hydrogens (tertiary/aromatic N) is 1. The molecule has 0 saturated carbocycles. The summed E-state index contributed by atoms with van der Waals surface area (Å²) in [5.41, 5.74) is 0. The molecule has 7 nitrogen and oxygen atoms in total. The van der Waals surface area contributed by atoms with Crippen LogP contribution in [0.4, 0.5) is 0 Å². The maximum atomic E-state index is 12.2. The van der Waals surface area contributed by atoms with Gasteiger partial charge in [-0.1, -0.05) is 6.07 Å². The third kappa shape index (κ3) is 3.18. The van der Waals surface area contributed by atoms with Crippen molar-refractivity contribution in [3.8, 4) is 0 Å². The molecule has 3 rings (SSSR count). The van der Waals surface area contributed by atoms with Gasteiger partial charge in [0, 0.05) is 12.2 Å². The van der Waals surface area contributed by atoms with Crippen molar-refractivity contribution >= 4 is 46.8 Å². The first-order valence-electron chi connectivity index (χ1n) is 7.41. The highest BCUT2D eigenvalue weighted by Crippen LogP contribution is 2.47. The Morgan fingerprint density at radius 3 is 2.96 bits per heavy atom. The molecular formula is C15H16N2O5S2. The fraction of sp³-hybridized carbons (Fsp3) is 0.467. The number of amides is 3. The monoisotopic (exact) mass is 368 g/mol. The van der Waals surface area contributed by atoms with Crippen molar-refractivity contribution in [2.45, 2.75) is 30.7 Å². The van der Waals surface area contributed by atoms with E-state index in [-0.39, 0.29) is 10.8 Å². The molecular weight excluding hydrogens is 352 g/mol. The first-order valence-corrected chi connectivity index (χ1v) is 9.28. The smallest absolute Gasteiger partial charge is 0.330 e.